The molecule has 2 heterocycles. The fraction of sp³-hybridized carbons (Fsp3) is 0.118. The SMILES string of the molecule is Cc1nc2cc(C(=O)NCc3nc4ccc(F)cc4[nH]3)ccc2s1. The average Bonchev–Trinajstić information content (AvgIpc) is 3.12. The van der Waals surface area contributed by atoms with Gasteiger partial charge in [-0.2, -0.15) is 0 Å². The first-order valence-corrected chi connectivity index (χ1v) is 8.20. The number of H-pyrrole nitrogens is 1. The van der Waals surface area contributed by atoms with Crippen molar-refractivity contribution in [2.24, 2.45) is 0 Å². The molecule has 4 aromatic rings. The molecule has 0 spiro atoms. The molecule has 0 fully saturated rings. The number of fused-ring (bicyclic) bond motifs is 2. The summed E-state index contributed by atoms with van der Waals surface area (Å²) in [5.41, 5.74) is 2.65. The fourth-order valence-electron chi connectivity index (χ4n) is 2.57. The monoisotopic (exact) mass is 340 g/mol. The Bertz CT molecular complexity index is 1070. The number of hydrogen-bond donors (Lipinski definition) is 2. The lowest BCUT2D eigenvalue weighted by Crippen LogP contribution is -2.23. The molecule has 4 rings (SSSR count). The van der Waals surface area contributed by atoms with Gasteiger partial charge in [-0.3, -0.25) is 4.79 Å². The highest BCUT2D eigenvalue weighted by molar-refractivity contribution is 7.18. The highest BCUT2D eigenvalue weighted by Gasteiger charge is 2.10. The van der Waals surface area contributed by atoms with Crippen molar-refractivity contribution in [1.29, 1.82) is 0 Å². The van der Waals surface area contributed by atoms with Gasteiger partial charge in [0.15, 0.2) is 0 Å². The van der Waals surface area contributed by atoms with Gasteiger partial charge in [0.25, 0.3) is 5.91 Å². The van der Waals surface area contributed by atoms with E-state index in [9.17, 15) is 9.18 Å². The van der Waals surface area contributed by atoms with E-state index in [1.807, 2.05) is 13.0 Å². The van der Waals surface area contributed by atoms with Crippen LogP contribution >= 0.6 is 11.3 Å². The van der Waals surface area contributed by atoms with E-state index in [0.29, 0.717) is 22.4 Å². The number of aromatic amines is 1. The van der Waals surface area contributed by atoms with Gasteiger partial charge in [-0.05, 0) is 43.3 Å². The van der Waals surface area contributed by atoms with Gasteiger partial charge in [-0.1, -0.05) is 0 Å². The van der Waals surface area contributed by atoms with Crippen molar-refractivity contribution in [2.45, 2.75) is 13.5 Å². The Morgan fingerprint density at radius 2 is 2.08 bits per heavy atom. The zero-order valence-corrected chi connectivity index (χ0v) is 13.6. The number of amides is 1. The number of imidazole rings is 1. The lowest BCUT2D eigenvalue weighted by Gasteiger charge is -2.03. The van der Waals surface area contributed by atoms with Crippen molar-refractivity contribution in [3.05, 3.63) is 58.6 Å². The van der Waals surface area contributed by atoms with Crippen molar-refractivity contribution in [3.8, 4) is 0 Å². The Hall–Kier alpha value is -2.80. The van der Waals surface area contributed by atoms with Crippen LogP contribution in [0.15, 0.2) is 36.4 Å². The maximum atomic E-state index is 13.2. The third kappa shape index (κ3) is 2.74. The number of hydrogen-bond acceptors (Lipinski definition) is 4. The molecule has 0 saturated carbocycles. The molecule has 2 aromatic carbocycles. The third-order valence-corrected chi connectivity index (χ3v) is 4.62. The number of carbonyl (C=O) groups excluding carboxylic acids is 1. The Labute approximate surface area is 140 Å². The quantitative estimate of drug-likeness (QED) is 0.599. The molecular weight excluding hydrogens is 327 g/mol. The summed E-state index contributed by atoms with van der Waals surface area (Å²) in [6.07, 6.45) is 0. The molecule has 0 atom stereocenters. The number of nitrogens with one attached hydrogen (secondary N) is 2. The van der Waals surface area contributed by atoms with E-state index in [4.69, 9.17) is 0 Å². The number of aromatic nitrogens is 3. The van der Waals surface area contributed by atoms with Crippen molar-refractivity contribution in [2.75, 3.05) is 0 Å². The minimum Gasteiger partial charge on any atom is -0.345 e. The first-order chi connectivity index (χ1) is 11.6. The molecule has 0 saturated heterocycles. The second-order valence-electron chi connectivity index (χ2n) is 5.44. The highest BCUT2D eigenvalue weighted by Crippen LogP contribution is 2.22. The van der Waals surface area contributed by atoms with Crippen LogP contribution in [-0.4, -0.2) is 20.9 Å². The second-order valence-corrected chi connectivity index (χ2v) is 6.68. The smallest absolute Gasteiger partial charge is 0.251 e. The summed E-state index contributed by atoms with van der Waals surface area (Å²) in [6, 6.07) is 9.80. The van der Waals surface area contributed by atoms with Gasteiger partial charge in [0.1, 0.15) is 11.6 Å². The molecule has 0 bridgehead atoms. The Morgan fingerprint density at radius 3 is 2.96 bits per heavy atom. The maximum Gasteiger partial charge on any atom is 0.251 e. The van der Waals surface area contributed by atoms with Crippen LogP contribution in [0.2, 0.25) is 0 Å². The van der Waals surface area contributed by atoms with Crippen LogP contribution in [0.25, 0.3) is 21.3 Å². The summed E-state index contributed by atoms with van der Waals surface area (Å²) < 4.78 is 14.2. The van der Waals surface area contributed by atoms with Crippen molar-refractivity contribution >= 4 is 38.5 Å². The van der Waals surface area contributed by atoms with E-state index in [0.717, 1.165) is 15.2 Å². The minimum absolute atomic E-state index is 0.200. The first-order valence-electron chi connectivity index (χ1n) is 7.38. The summed E-state index contributed by atoms with van der Waals surface area (Å²) in [5, 5.41) is 3.78. The summed E-state index contributed by atoms with van der Waals surface area (Å²) in [5.74, 6) is 0.0531. The molecule has 2 N–H and O–H groups in total. The Balaban J connectivity index is 1.51. The predicted octanol–water partition coefficient (Wildman–Crippen LogP) is 3.55. The van der Waals surface area contributed by atoms with Crippen molar-refractivity contribution in [1.82, 2.24) is 20.3 Å². The van der Waals surface area contributed by atoms with E-state index < -0.39 is 0 Å². The number of rotatable bonds is 3. The Kier molecular flexibility index (Phi) is 3.50. The molecule has 0 aliphatic heterocycles. The van der Waals surface area contributed by atoms with E-state index >= 15 is 0 Å². The first kappa shape index (κ1) is 14.8. The van der Waals surface area contributed by atoms with Crippen molar-refractivity contribution < 1.29 is 9.18 Å². The Morgan fingerprint density at radius 1 is 1.21 bits per heavy atom. The average molecular weight is 340 g/mol. The molecule has 0 unspecified atom stereocenters. The number of halogens is 1. The molecular formula is C17H13FN4OS. The topological polar surface area (TPSA) is 70.7 Å². The zero-order valence-electron chi connectivity index (χ0n) is 12.8. The zero-order chi connectivity index (χ0) is 16.7. The lowest BCUT2D eigenvalue weighted by atomic mass is 10.2. The van der Waals surface area contributed by atoms with Crippen LogP contribution in [0.5, 0.6) is 0 Å². The molecule has 5 nitrogen and oxygen atoms in total. The number of nitrogens with zero attached hydrogens (tertiary/aromatic N) is 2. The fourth-order valence-corrected chi connectivity index (χ4v) is 3.38. The standard InChI is InChI=1S/C17H13FN4OS/c1-9-20-14-6-10(2-5-15(14)24-9)17(23)19-8-16-21-12-4-3-11(18)7-13(12)22-16/h2-7H,8H2,1H3,(H,19,23)(H,21,22). The second kappa shape index (κ2) is 5.68. The predicted molar refractivity (Wildman–Crippen MR) is 91.6 cm³/mol. The summed E-state index contributed by atoms with van der Waals surface area (Å²) in [4.78, 5) is 24.0. The van der Waals surface area contributed by atoms with Crippen LogP contribution in [0.3, 0.4) is 0 Å². The van der Waals surface area contributed by atoms with Crippen LogP contribution in [0.4, 0.5) is 4.39 Å². The van der Waals surface area contributed by atoms with Gasteiger partial charge >= 0.3 is 0 Å². The number of benzene rings is 2. The van der Waals surface area contributed by atoms with Gasteiger partial charge in [0, 0.05) is 5.56 Å². The number of carbonyl (C=O) groups is 1. The molecule has 24 heavy (non-hydrogen) atoms. The van der Waals surface area contributed by atoms with Crippen LogP contribution < -0.4 is 5.32 Å². The molecule has 0 radical (unpaired) electrons. The summed E-state index contributed by atoms with van der Waals surface area (Å²) in [6.45, 7) is 2.18. The third-order valence-electron chi connectivity index (χ3n) is 3.67. The van der Waals surface area contributed by atoms with E-state index in [1.165, 1.54) is 12.1 Å². The van der Waals surface area contributed by atoms with E-state index in [-0.39, 0.29) is 18.3 Å². The summed E-state index contributed by atoms with van der Waals surface area (Å²) >= 11 is 1.60. The van der Waals surface area contributed by atoms with Gasteiger partial charge < -0.3 is 10.3 Å². The number of aryl methyl sites for hydroxylation is 1. The molecule has 0 aliphatic carbocycles. The van der Waals surface area contributed by atoms with Gasteiger partial charge in [-0.15, -0.1) is 11.3 Å². The van der Waals surface area contributed by atoms with Crippen LogP contribution in [-0.2, 0) is 6.54 Å². The molecule has 7 heteroatoms. The molecule has 120 valence electrons. The van der Waals surface area contributed by atoms with E-state index in [2.05, 4.69) is 20.3 Å². The summed E-state index contributed by atoms with van der Waals surface area (Å²) in [7, 11) is 0. The lowest BCUT2D eigenvalue weighted by molar-refractivity contribution is 0.0950. The molecule has 0 aliphatic rings. The largest absolute Gasteiger partial charge is 0.345 e. The van der Waals surface area contributed by atoms with Crippen molar-refractivity contribution in [3.63, 3.8) is 0 Å². The van der Waals surface area contributed by atoms with Gasteiger partial charge in [-0.25, -0.2) is 14.4 Å². The van der Waals surface area contributed by atoms with Gasteiger partial charge in [0.2, 0.25) is 0 Å². The van der Waals surface area contributed by atoms with Gasteiger partial charge in [0.05, 0.1) is 32.8 Å². The van der Waals surface area contributed by atoms with Crippen LogP contribution in [0.1, 0.15) is 21.2 Å². The van der Waals surface area contributed by atoms with E-state index in [1.54, 1.807) is 29.5 Å². The maximum absolute atomic E-state index is 13.2. The molecule has 1 amide bonds. The van der Waals surface area contributed by atoms with Crippen LogP contribution in [0, 0.1) is 12.7 Å². The minimum atomic E-state index is -0.325. The highest BCUT2D eigenvalue weighted by atomic mass is 32.1. The normalized spacial score (nSPS) is 11.2. The molecule has 2 aromatic heterocycles. The number of thiazole rings is 1.